The standard InChI is InChI=1S/C23H44N4O4/c1-18(2)15-27-11-13-31-21(16-27)14-25-22(28)17-26-9-6-20(7-10-26)23(29)24-8-5-12-30-19(3)4/h18-21H,5-17H2,1-4H3,(H,24,29)(H,25,28). The Kier molecular flexibility index (Phi) is 11.8. The number of morpholine rings is 1. The van der Waals surface area contributed by atoms with E-state index in [1.165, 1.54) is 0 Å². The Morgan fingerprint density at radius 3 is 2.48 bits per heavy atom. The first-order valence-corrected chi connectivity index (χ1v) is 12.1. The van der Waals surface area contributed by atoms with Crippen molar-refractivity contribution < 1.29 is 19.1 Å². The van der Waals surface area contributed by atoms with Crippen molar-refractivity contribution in [2.24, 2.45) is 11.8 Å². The van der Waals surface area contributed by atoms with E-state index in [1.807, 2.05) is 13.8 Å². The topological polar surface area (TPSA) is 83.1 Å². The number of hydrogen-bond acceptors (Lipinski definition) is 6. The summed E-state index contributed by atoms with van der Waals surface area (Å²) in [6.45, 7) is 16.0. The number of hydrogen-bond donors (Lipinski definition) is 2. The van der Waals surface area contributed by atoms with Crippen molar-refractivity contribution in [2.45, 2.75) is 59.2 Å². The van der Waals surface area contributed by atoms with Gasteiger partial charge in [0.2, 0.25) is 11.8 Å². The zero-order valence-electron chi connectivity index (χ0n) is 20.0. The average molecular weight is 441 g/mol. The van der Waals surface area contributed by atoms with E-state index in [9.17, 15) is 9.59 Å². The summed E-state index contributed by atoms with van der Waals surface area (Å²) < 4.78 is 11.3. The predicted molar refractivity (Wildman–Crippen MR) is 122 cm³/mol. The van der Waals surface area contributed by atoms with Crippen molar-refractivity contribution >= 4 is 11.8 Å². The molecule has 2 N–H and O–H groups in total. The molecule has 0 radical (unpaired) electrons. The van der Waals surface area contributed by atoms with Gasteiger partial charge in [-0.1, -0.05) is 13.8 Å². The lowest BCUT2D eigenvalue weighted by molar-refractivity contribution is -0.127. The first-order valence-electron chi connectivity index (χ1n) is 12.1. The van der Waals surface area contributed by atoms with Gasteiger partial charge in [0.25, 0.3) is 0 Å². The van der Waals surface area contributed by atoms with Crippen LogP contribution in [0, 0.1) is 11.8 Å². The number of amides is 2. The number of rotatable bonds is 12. The lowest BCUT2D eigenvalue weighted by atomic mass is 9.96. The van der Waals surface area contributed by atoms with Gasteiger partial charge in [-0.05, 0) is 52.1 Å². The van der Waals surface area contributed by atoms with Crippen LogP contribution in [0.3, 0.4) is 0 Å². The molecular formula is C23H44N4O4. The maximum Gasteiger partial charge on any atom is 0.234 e. The first-order chi connectivity index (χ1) is 14.8. The van der Waals surface area contributed by atoms with Crippen LogP contribution in [0.2, 0.25) is 0 Å². The zero-order valence-corrected chi connectivity index (χ0v) is 20.0. The monoisotopic (exact) mass is 440 g/mol. The molecule has 0 saturated carbocycles. The Hall–Kier alpha value is -1.22. The molecule has 2 rings (SSSR count). The summed E-state index contributed by atoms with van der Waals surface area (Å²) in [5.41, 5.74) is 0. The van der Waals surface area contributed by atoms with E-state index in [1.54, 1.807) is 0 Å². The first kappa shape index (κ1) is 26.0. The van der Waals surface area contributed by atoms with Gasteiger partial charge in [-0.2, -0.15) is 0 Å². The Morgan fingerprint density at radius 2 is 1.81 bits per heavy atom. The number of likely N-dealkylation sites (tertiary alicyclic amines) is 1. The number of carbonyl (C=O) groups is 2. The van der Waals surface area contributed by atoms with Gasteiger partial charge >= 0.3 is 0 Å². The third-order valence-electron chi connectivity index (χ3n) is 5.77. The summed E-state index contributed by atoms with van der Waals surface area (Å²) in [6.07, 6.45) is 2.74. The van der Waals surface area contributed by atoms with Crippen molar-refractivity contribution in [2.75, 3.05) is 65.6 Å². The minimum Gasteiger partial charge on any atom is -0.379 e. The molecule has 8 heteroatoms. The fraction of sp³-hybridized carbons (Fsp3) is 0.913. The van der Waals surface area contributed by atoms with E-state index in [-0.39, 0.29) is 29.9 Å². The van der Waals surface area contributed by atoms with Gasteiger partial charge in [0.1, 0.15) is 0 Å². The average Bonchev–Trinajstić information content (AvgIpc) is 2.72. The highest BCUT2D eigenvalue weighted by atomic mass is 16.5. The number of nitrogens with zero attached hydrogens (tertiary/aromatic N) is 2. The second kappa shape index (κ2) is 14.0. The molecule has 1 unspecified atom stereocenters. The lowest BCUT2D eigenvalue weighted by Gasteiger charge is -2.34. The maximum absolute atomic E-state index is 12.4. The zero-order chi connectivity index (χ0) is 22.6. The molecule has 8 nitrogen and oxygen atoms in total. The van der Waals surface area contributed by atoms with E-state index >= 15 is 0 Å². The molecule has 2 fully saturated rings. The van der Waals surface area contributed by atoms with Crippen molar-refractivity contribution in [3.8, 4) is 0 Å². The largest absolute Gasteiger partial charge is 0.379 e. The van der Waals surface area contributed by atoms with Crippen molar-refractivity contribution in [1.29, 1.82) is 0 Å². The van der Waals surface area contributed by atoms with E-state index < -0.39 is 0 Å². The molecule has 0 aromatic heterocycles. The number of ether oxygens (including phenoxy) is 2. The van der Waals surface area contributed by atoms with Crippen LogP contribution in [0.1, 0.15) is 47.0 Å². The normalized spacial score (nSPS) is 21.5. The number of carbonyl (C=O) groups excluding carboxylic acids is 2. The smallest absolute Gasteiger partial charge is 0.234 e. The number of piperidine rings is 1. The molecule has 180 valence electrons. The molecule has 2 heterocycles. The quantitative estimate of drug-likeness (QED) is 0.442. The second-order valence-corrected chi connectivity index (χ2v) is 9.56. The van der Waals surface area contributed by atoms with E-state index in [4.69, 9.17) is 9.47 Å². The molecule has 0 aromatic rings. The van der Waals surface area contributed by atoms with Crippen molar-refractivity contribution in [3.05, 3.63) is 0 Å². The molecule has 2 amide bonds. The molecule has 0 spiro atoms. The lowest BCUT2D eigenvalue weighted by Crippen LogP contribution is -2.50. The summed E-state index contributed by atoms with van der Waals surface area (Å²) in [7, 11) is 0. The molecule has 0 aromatic carbocycles. The summed E-state index contributed by atoms with van der Waals surface area (Å²) in [5, 5.41) is 6.05. The molecule has 0 bridgehead atoms. The van der Waals surface area contributed by atoms with Crippen LogP contribution in [-0.2, 0) is 19.1 Å². The summed E-state index contributed by atoms with van der Waals surface area (Å²) in [5.74, 6) is 0.858. The van der Waals surface area contributed by atoms with Gasteiger partial charge in [0, 0.05) is 45.2 Å². The van der Waals surface area contributed by atoms with Gasteiger partial charge in [-0.25, -0.2) is 0 Å². The third-order valence-corrected chi connectivity index (χ3v) is 5.77. The molecular weight excluding hydrogens is 396 g/mol. The Balaban J connectivity index is 1.56. The van der Waals surface area contributed by atoms with Gasteiger partial charge in [-0.3, -0.25) is 19.4 Å². The summed E-state index contributed by atoms with van der Waals surface area (Å²) >= 11 is 0. The van der Waals surface area contributed by atoms with Crippen LogP contribution in [0.25, 0.3) is 0 Å². The highest BCUT2D eigenvalue weighted by Crippen LogP contribution is 2.17. The maximum atomic E-state index is 12.4. The molecule has 0 aliphatic carbocycles. The third kappa shape index (κ3) is 10.8. The van der Waals surface area contributed by atoms with E-state index in [0.717, 1.165) is 58.6 Å². The molecule has 31 heavy (non-hydrogen) atoms. The minimum atomic E-state index is 0.0395. The number of nitrogens with one attached hydrogen (secondary N) is 2. The summed E-state index contributed by atoms with van der Waals surface area (Å²) in [4.78, 5) is 29.2. The highest BCUT2D eigenvalue weighted by Gasteiger charge is 2.26. The van der Waals surface area contributed by atoms with Crippen molar-refractivity contribution in [3.63, 3.8) is 0 Å². The van der Waals surface area contributed by atoms with Crippen LogP contribution < -0.4 is 10.6 Å². The Bertz CT molecular complexity index is 536. The second-order valence-electron chi connectivity index (χ2n) is 9.56. The molecule has 2 aliphatic heterocycles. The highest BCUT2D eigenvalue weighted by molar-refractivity contribution is 5.79. The van der Waals surface area contributed by atoms with Gasteiger partial charge in [0.15, 0.2) is 0 Å². The predicted octanol–water partition coefficient (Wildman–Crippen LogP) is 1.10. The fourth-order valence-electron chi connectivity index (χ4n) is 4.17. The SMILES string of the molecule is CC(C)CN1CCOC(CNC(=O)CN2CCC(C(=O)NCCCOC(C)C)CC2)C1. The van der Waals surface area contributed by atoms with E-state index in [2.05, 4.69) is 34.3 Å². The molecule has 2 aliphatic rings. The van der Waals surface area contributed by atoms with E-state index in [0.29, 0.717) is 32.2 Å². The van der Waals surface area contributed by atoms with Crippen LogP contribution in [0.5, 0.6) is 0 Å². The van der Waals surface area contributed by atoms with Crippen molar-refractivity contribution in [1.82, 2.24) is 20.4 Å². The molecule has 1 atom stereocenters. The van der Waals surface area contributed by atoms with Crippen LogP contribution in [0.4, 0.5) is 0 Å². The minimum absolute atomic E-state index is 0.0395. The fourth-order valence-corrected chi connectivity index (χ4v) is 4.17. The Morgan fingerprint density at radius 1 is 1.06 bits per heavy atom. The van der Waals surface area contributed by atoms with Crippen LogP contribution in [-0.4, -0.2) is 99.4 Å². The van der Waals surface area contributed by atoms with Gasteiger partial charge in [0.05, 0.1) is 25.4 Å². The Labute approximate surface area is 188 Å². The van der Waals surface area contributed by atoms with Gasteiger partial charge < -0.3 is 20.1 Å². The summed E-state index contributed by atoms with van der Waals surface area (Å²) in [6, 6.07) is 0. The van der Waals surface area contributed by atoms with Gasteiger partial charge in [-0.15, -0.1) is 0 Å². The van der Waals surface area contributed by atoms with Crippen LogP contribution in [0.15, 0.2) is 0 Å². The molecule has 2 saturated heterocycles. The van der Waals surface area contributed by atoms with Crippen LogP contribution >= 0.6 is 0 Å².